The van der Waals surface area contributed by atoms with Gasteiger partial charge in [0.1, 0.15) is 16.2 Å². The molecule has 0 saturated heterocycles. The van der Waals surface area contributed by atoms with E-state index in [1.54, 1.807) is 7.11 Å². The molecule has 0 saturated carbocycles. The summed E-state index contributed by atoms with van der Waals surface area (Å²) >= 11 is 3.36. The number of nitrogens with zero attached hydrogens (tertiary/aromatic N) is 2. The third-order valence-corrected chi connectivity index (χ3v) is 3.60. The fraction of sp³-hybridized carbons (Fsp3) is 0.308. The summed E-state index contributed by atoms with van der Waals surface area (Å²) in [6.45, 7) is 1.95. The summed E-state index contributed by atoms with van der Waals surface area (Å²) in [5, 5.41) is 9.29. The van der Waals surface area contributed by atoms with E-state index in [-0.39, 0.29) is 6.61 Å². The van der Waals surface area contributed by atoms with Crippen LogP contribution in [0.2, 0.25) is 0 Å². The van der Waals surface area contributed by atoms with Crippen LogP contribution in [0.4, 0.5) is 0 Å². The number of aromatic nitrogens is 2. The van der Waals surface area contributed by atoms with Gasteiger partial charge in [0.25, 0.3) is 0 Å². The number of imidazole rings is 1. The molecule has 5 heteroatoms. The zero-order valence-corrected chi connectivity index (χ0v) is 12.2. The van der Waals surface area contributed by atoms with Crippen LogP contribution in [0.15, 0.2) is 22.8 Å². The first-order valence-corrected chi connectivity index (χ1v) is 6.34. The Bertz CT molecular complexity index is 579. The molecule has 0 amide bonds. The average molecular weight is 311 g/mol. The first-order chi connectivity index (χ1) is 8.58. The van der Waals surface area contributed by atoms with Gasteiger partial charge in [-0.05, 0) is 46.6 Å². The molecule has 2 rings (SSSR count). The van der Waals surface area contributed by atoms with E-state index < -0.39 is 0 Å². The lowest BCUT2D eigenvalue weighted by Gasteiger charge is -2.08. The fourth-order valence-corrected chi connectivity index (χ4v) is 2.51. The van der Waals surface area contributed by atoms with E-state index in [1.807, 2.05) is 36.7 Å². The summed E-state index contributed by atoms with van der Waals surface area (Å²) in [6.07, 6.45) is 0. The van der Waals surface area contributed by atoms with Crippen molar-refractivity contribution in [3.8, 4) is 17.1 Å². The molecule has 0 aliphatic heterocycles. The predicted molar refractivity (Wildman–Crippen MR) is 73.6 cm³/mol. The highest BCUT2D eigenvalue weighted by Crippen LogP contribution is 2.28. The minimum atomic E-state index is -0.0424. The number of aliphatic hydroxyl groups excluding tert-OH is 1. The minimum absolute atomic E-state index is 0.0424. The number of halogens is 1. The minimum Gasteiger partial charge on any atom is -0.496 e. The number of hydrogen-bond acceptors (Lipinski definition) is 3. The van der Waals surface area contributed by atoms with Gasteiger partial charge in [-0.25, -0.2) is 4.98 Å². The molecule has 1 aromatic heterocycles. The second-order valence-corrected chi connectivity index (χ2v) is 4.83. The van der Waals surface area contributed by atoms with Crippen LogP contribution in [-0.2, 0) is 13.7 Å². The molecule has 4 nitrogen and oxygen atoms in total. The molecular formula is C13H15BrN2O2. The Morgan fingerprint density at radius 1 is 1.44 bits per heavy atom. The summed E-state index contributed by atoms with van der Waals surface area (Å²) < 4.78 is 7.80. The second-order valence-electron chi connectivity index (χ2n) is 4.07. The van der Waals surface area contributed by atoms with Crippen LogP contribution in [0.1, 0.15) is 11.3 Å². The van der Waals surface area contributed by atoms with Gasteiger partial charge in [-0.15, -0.1) is 0 Å². The number of rotatable bonds is 3. The van der Waals surface area contributed by atoms with E-state index in [2.05, 4.69) is 20.9 Å². The number of benzene rings is 1. The molecule has 0 radical (unpaired) electrons. The van der Waals surface area contributed by atoms with Crippen LogP contribution < -0.4 is 4.74 Å². The monoisotopic (exact) mass is 310 g/mol. The van der Waals surface area contributed by atoms with Gasteiger partial charge >= 0.3 is 0 Å². The van der Waals surface area contributed by atoms with Crippen molar-refractivity contribution in [2.24, 2.45) is 7.05 Å². The molecule has 0 aliphatic carbocycles. The molecule has 0 atom stereocenters. The van der Waals surface area contributed by atoms with E-state index in [1.165, 1.54) is 0 Å². The average Bonchev–Trinajstić information content (AvgIpc) is 2.64. The third-order valence-electron chi connectivity index (χ3n) is 2.97. The van der Waals surface area contributed by atoms with Crippen molar-refractivity contribution in [2.45, 2.75) is 13.5 Å². The standard InChI is InChI=1S/C13H15BrN2O2/c1-8-6-9(4-5-11(8)18-3)13-15-12(14)10(7-17)16(13)2/h4-6,17H,7H2,1-3H3. The highest BCUT2D eigenvalue weighted by molar-refractivity contribution is 9.10. The molecule has 0 spiro atoms. The summed E-state index contributed by atoms with van der Waals surface area (Å²) in [5.41, 5.74) is 2.81. The number of ether oxygens (including phenoxy) is 1. The molecule has 0 fully saturated rings. The topological polar surface area (TPSA) is 47.3 Å². The molecular weight excluding hydrogens is 296 g/mol. The molecule has 1 heterocycles. The highest BCUT2D eigenvalue weighted by Gasteiger charge is 2.14. The molecule has 2 aromatic rings. The molecule has 1 aromatic carbocycles. The normalized spacial score (nSPS) is 10.7. The molecule has 0 aliphatic rings. The van der Waals surface area contributed by atoms with Gasteiger partial charge < -0.3 is 14.4 Å². The Kier molecular flexibility index (Phi) is 3.73. The van der Waals surface area contributed by atoms with Crippen LogP contribution in [0.25, 0.3) is 11.4 Å². The lowest BCUT2D eigenvalue weighted by molar-refractivity contribution is 0.272. The van der Waals surface area contributed by atoms with Gasteiger partial charge in [0, 0.05) is 12.6 Å². The fourth-order valence-electron chi connectivity index (χ4n) is 1.95. The molecule has 0 bridgehead atoms. The zero-order valence-electron chi connectivity index (χ0n) is 10.6. The smallest absolute Gasteiger partial charge is 0.141 e. The van der Waals surface area contributed by atoms with Crippen molar-refractivity contribution in [3.63, 3.8) is 0 Å². The third kappa shape index (κ3) is 2.15. The quantitative estimate of drug-likeness (QED) is 0.948. The van der Waals surface area contributed by atoms with Crippen LogP contribution in [-0.4, -0.2) is 21.8 Å². The summed E-state index contributed by atoms with van der Waals surface area (Å²) in [6, 6.07) is 5.91. The SMILES string of the molecule is COc1ccc(-c2nc(Br)c(CO)n2C)cc1C. The highest BCUT2D eigenvalue weighted by atomic mass is 79.9. The van der Waals surface area contributed by atoms with Crippen LogP contribution in [0.5, 0.6) is 5.75 Å². The first-order valence-electron chi connectivity index (χ1n) is 5.55. The number of methoxy groups -OCH3 is 1. The van der Waals surface area contributed by atoms with E-state index in [9.17, 15) is 5.11 Å². The molecule has 96 valence electrons. The van der Waals surface area contributed by atoms with Crippen LogP contribution >= 0.6 is 15.9 Å². The van der Waals surface area contributed by atoms with Gasteiger partial charge in [-0.3, -0.25) is 0 Å². The lowest BCUT2D eigenvalue weighted by atomic mass is 10.1. The van der Waals surface area contributed by atoms with E-state index in [4.69, 9.17) is 4.74 Å². The summed E-state index contributed by atoms with van der Waals surface area (Å²) in [7, 11) is 3.54. The van der Waals surface area contributed by atoms with E-state index in [0.29, 0.717) is 4.60 Å². The number of aryl methyl sites for hydroxylation is 1. The van der Waals surface area contributed by atoms with Gasteiger partial charge in [0.15, 0.2) is 0 Å². The molecule has 1 N–H and O–H groups in total. The number of aliphatic hydroxyl groups is 1. The van der Waals surface area contributed by atoms with Gasteiger partial charge in [-0.1, -0.05) is 0 Å². The van der Waals surface area contributed by atoms with E-state index >= 15 is 0 Å². The Balaban J connectivity index is 2.52. The Hall–Kier alpha value is -1.33. The van der Waals surface area contributed by atoms with Crippen molar-refractivity contribution in [1.82, 2.24) is 9.55 Å². The van der Waals surface area contributed by atoms with Crippen molar-refractivity contribution in [3.05, 3.63) is 34.1 Å². The maximum Gasteiger partial charge on any atom is 0.141 e. The maximum absolute atomic E-state index is 9.29. The Morgan fingerprint density at radius 3 is 2.67 bits per heavy atom. The van der Waals surface area contributed by atoms with Crippen molar-refractivity contribution >= 4 is 15.9 Å². The summed E-state index contributed by atoms with van der Waals surface area (Å²) in [5.74, 6) is 1.67. The van der Waals surface area contributed by atoms with E-state index in [0.717, 1.165) is 28.4 Å². The van der Waals surface area contributed by atoms with Crippen molar-refractivity contribution < 1.29 is 9.84 Å². The van der Waals surface area contributed by atoms with Crippen molar-refractivity contribution in [2.75, 3.05) is 7.11 Å². The van der Waals surface area contributed by atoms with Gasteiger partial charge in [0.2, 0.25) is 0 Å². The largest absolute Gasteiger partial charge is 0.496 e. The van der Waals surface area contributed by atoms with Crippen LogP contribution in [0.3, 0.4) is 0 Å². The Labute approximate surface area is 114 Å². The molecule has 0 unspecified atom stereocenters. The van der Waals surface area contributed by atoms with Crippen molar-refractivity contribution in [1.29, 1.82) is 0 Å². The van der Waals surface area contributed by atoms with Gasteiger partial charge in [0.05, 0.1) is 19.4 Å². The lowest BCUT2D eigenvalue weighted by Crippen LogP contribution is -1.99. The first kappa shape index (κ1) is 13.1. The maximum atomic E-state index is 9.29. The summed E-state index contributed by atoms with van der Waals surface area (Å²) in [4.78, 5) is 4.43. The zero-order chi connectivity index (χ0) is 13.3. The van der Waals surface area contributed by atoms with Crippen LogP contribution in [0, 0.1) is 6.92 Å². The Morgan fingerprint density at radius 2 is 2.17 bits per heavy atom. The second kappa shape index (κ2) is 5.12. The molecule has 18 heavy (non-hydrogen) atoms. The van der Waals surface area contributed by atoms with Gasteiger partial charge in [-0.2, -0.15) is 0 Å². The predicted octanol–water partition coefficient (Wildman–Crippen LogP) is 2.66. The number of hydrogen-bond donors (Lipinski definition) is 1.